The quantitative estimate of drug-likeness (QED) is 0.750. The van der Waals surface area contributed by atoms with E-state index < -0.39 is 5.82 Å². The molecule has 0 saturated heterocycles. The Morgan fingerprint density at radius 3 is 2.69 bits per heavy atom. The number of anilines is 1. The minimum absolute atomic E-state index is 0.105. The van der Waals surface area contributed by atoms with Crippen LogP contribution in [0.5, 0.6) is 5.75 Å². The first-order chi connectivity index (χ1) is 12.7. The fourth-order valence-electron chi connectivity index (χ4n) is 2.71. The Kier molecular flexibility index (Phi) is 4.39. The van der Waals surface area contributed by atoms with Crippen LogP contribution >= 0.6 is 0 Å². The average molecular weight is 351 g/mol. The van der Waals surface area contributed by atoms with Crippen molar-refractivity contribution in [3.63, 3.8) is 0 Å². The predicted molar refractivity (Wildman–Crippen MR) is 96.2 cm³/mol. The predicted octanol–water partition coefficient (Wildman–Crippen LogP) is 4.20. The van der Waals surface area contributed by atoms with Crippen LogP contribution in [0.15, 0.2) is 60.9 Å². The summed E-state index contributed by atoms with van der Waals surface area (Å²) in [6.45, 7) is 0. The lowest BCUT2D eigenvalue weighted by atomic mass is 9.96. The number of para-hydroxylation sites is 1. The summed E-state index contributed by atoms with van der Waals surface area (Å²) in [4.78, 5) is 12.4. The first-order valence-corrected chi connectivity index (χ1v) is 8.57. The van der Waals surface area contributed by atoms with E-state index in [1.165, 1.54) is 12.3 Å². The third kappa shape index (κ3) is 3.44. The van der Waals surface area contributed by atoms with E-state index in [9.17, 15) is 9.18 Å². The first kappa shape index (κ1) is 16.3. The number of hydrogen-bond acceptors (Lipinski definition) is 3. The number of carbonyl (C=O) groups is 1. The normalized spacial score (nSPS) is 13.9. The van der Waals surface area contributed by atoms with Gasteiger partial charge in [-0.3, -0.25) is 4.79 Å². The Labute approximate surface area is 150 Å². The molecule has 0 atom stereocenters. The van der Waals surface area contributed by atoms with Crippen LogP contribution in [0.1, 0.15) is 29.6 Å². The van der Waals surface area contributed by atoms with E-state index >= 15 is 0 Å². The van der Waals surface area contributed by atoms with E-state index in [1.54, 1.807) is 23.0 Å². The van der Waals surface area contributed by atoms with Gasteiger partial charge in [-0.15, -0.1) is 0 Å². The summed E-state index contributed by atoms with van der Waals surface area (Å²) >= 11 is 0. The number of hydrogen-bond donors (Lipinski definition) is 1. The fourth-order valence-corrected chi connectivity index (χ4v) is 2.71. The number of ether oxygens (including phenoxy) is 1. The van der Waals surface area contributed by atoms with Gasteiger partial charge in [0.25, 0.3) is 5.91 Å². The zero-order valence-electron chi connectivity index (χ0n) is 14.1. The second-order valence-electron chi connectivity index (χ2n) is 6.28. The third-order valence-corrected chi connectivity index (χ3v) is 4.40. The topological polar surface area (TPSA) is 56.1 Å². The Morgan fingerprint density at radius 1 is 1.19 bits per heavy atom. The molecule has 1 fully saturated rings. The lowest BCUT2D eigenvalue weighted by Gasteiger charge is -2.26. The molecule has 1 aliphatic carbocycles. The molecule has 0 aliphatic heterocycles. The second kappa shape index (κ2) is 7.00. The van der Waals surface area contributed by atoms with Gasteiger partial charge in [0, 0.05) is 18.0 Å². The van der Waals surface area contributed by atoms with Gasteiger partial charge in [0.15, 0.2) is 11.6 Å². The Morgan fingerprint density at radius 2 is 2.00 bits per heavy atom. The highest BCUT2D eigenvalue weighted by atomic mass is 19.1. The maximum Gasteiger partial charge on any atom is 0.258 e. The molecule has 1 aromatic heterocycles. The average Bonchev–Trinajstić information content (AvgIpc) is 3.10. The van der Waals surface area contributed by atoms with Crippen LogP contribution in [0.25, 0.3) is 5.69 Å². The van der Waals surface area contributed by atoms with Crippen molar-refractivity contribution < 1.29 is 13.9 Å². The molecular formula is C20H18FN3O2. The summed E-state index contributed by atoms with van der Waals surface area (Å²) in [5.41, 5.74) is 1.63. The molecule has 3 aromatic rings. The van der Waals surface area contributed by atoms with E-state index in [-0.39, 0.29) is 17.8 Å². The van der Waals surface area contributed by atoms with Crippen molar-refractivity contribution in [1.29, 1.82) is 0 Å². The second-order valence-corrected chi connectivity index (χ2v) is 6.28. The van der Waals surface area contributed by atoms with Crippen LogP contribution in [0.3, 0.4) is 0 Å². The minimum Gasteiger partial charge on any atom is -0.487 e. The summed E-state index contributed by atoms with van der Waals surface area (Å²) in [6, 6.07) is 13.9. The molecule has 26 heavy (non-hydrogen) atoms. The molecule has 132 valence electrons. The Balaban J connectivity index is 1.44. The fraction of sp³-hybridized carbons (Fsp3) is 0.200. The van der Waals surface area contributed by atoms with Crippen LogP contribution in [-0.4, -0.2) is 21.8 Å². The highest BCUT2D eigenvalue weighted by Crippen LogP contribution is 2.28. The van der Waals surface area contributed by atoms with Crippen molar-refractivity contribution in [2.24, 2.45) is 0 Å². The monoisotopic (exact) mass is 351 g/mol. The molecular weight excluding hydrogens is 333 g/mol. The van der Waals surface area contributed by atoms with Gasteiger partial charge in [0.1, 0.15) is 0 Å². The van der Waals surface area contributed by atoms with E-state index in [4.69, 9.17) is 4.74 Å². The third-order valence-electron chi connectivity index (χ3n) is 4.40. The number of halogens is 1. The lowest BCUT2D eigenvalue weighted by molar-refractivity contribution is 0.102. The Hall–Kier alpha value is -3.15. The zero-order valence-corrected chi connectivity index (χ0v) is 14.1. The van der Waals surface area contributed by atoms with Gasteiger partial charge in [-0.1, -0.05) is 18.2 Å². The maximum absolute atomic E-state index is 14.2. The number of rotatable bonds is 5. The van der Waals surface area contributed by atoms with E-state index in [0.717, 1.165) is 24.9 Å². The molecule has 0 spiro atoms. The summed E-state index contributed by atoms with van der Waals surface area (Å²) in [7, 11) is 0. The molecule has 0 unspecified atom stereocenters. The summed E-state index contributed by atoms with van der Waals surface area (Å²) in [5.74, 6) is -0.599. The highest BCUT2D eigenvalue weighted by molar-refractivity contribution is 6.04. The molecule has 1 saturated carbocycles. The molecule has 2 aromatic carbocycles. The number of carbonyl (C=O) groups excluding carboxylic acids is 1. The first-order valence-electron chi connectivity index (χ1n) is 8.57. The molecule has 1 aliphatic rings. The van der Waals surface area contributed by atoms with Crippen LogP contribution in [0, 0.1) is 5.82 Å². The van der Waals surface area contributed by atoms with E-state index in [2.05, 4.69) is 10.4 Å². The van der Waals surface area contributed by atoms with Crippen molar-refractivity contribution in [2.45, 2.75) is 25.4 Å². The van der Waals surface area contributed by atoms with Gasteiger partial charge >= 0.3 is 0 Å². The van der Waals surface area contributed by atoms with Crippen LogP contribution < -0.4 is 10.1 Å². The zero-order chi connectivity index (χ0) is 17.9. The molecule has 1 heterocycles. The summed E-state index contributed by atoms with van der Waals surface area (Å²) < 4.78 is 21.3. The Bertz CT molecular complexity index is 920. The summed E-state index contributed by atoms with van der Waals surface area (Å²) in [6.07, 6.45) is 6.26. The van der Waals surface area contributed by atoms with Crippen molar-refractivity contribution in [3.05, 3.63) is 72.3 Å². The lowest BCUT2D eigenvalue weighted by Crippen LogP contribution is -2.25. The smallest absolute Gasteiger partial charge is 0.258 e. The number of aromatic nitrogens is 2. The van der Waals surface area contributed by atoms with Crippen molar-refractivity contribution in [2.75, 3.05) is 5.32 Å². The highest BCUT2D eigenvalue weighted by Gasteiger charge is 2.20. The van der Waals surface area contributed by atoms with Crippen LogP contribution in [0.2, 0.25) is 0 Å². The molecule has 6 heteroatoms. The van der Waals surface area contributed by atoms with Crippen molar-refractivity contribution in [1.82, 2.24) is 9.78 Å². The van der Waals surface area contributed by atoms with Crippen molar-refractivity contribution >= 4 is 11.6 Å². The number of amides is 1. The van der Waals surface area contributed by atoms with Crippen molar-refractivity contribution in [3.8, 4) is 11.4 Å². The minimum atomic E-state index is -0.477. The largest absolute Gasteiger partial charge is 0.487 e. The SMILES string of the molecule is O=C(Nc1ccc(OC2CCC2)c(F)c1)c1cnn(-c2ccccc2)c1. The molecule has 4 rings (SSSR count). The molecule has 1 amide bonds. The molecule has 1 N–H and O–H groups in total. The van der Waals surface area contributed by atoms with Crippen LogP contribution in [-0.2, 0) is 0 Å². The van der Waals surface area contributed by atoms with Gasteiger partial charge in [-0.25, -0.2) is 9.07 Å². The maximum atomic E-state index is 14.2. The summed E-state index contributed by atoms with van der Waals surface area (Å²) in [5, 5.41) is 6.88. The molecule has 0 radical (unpaired) electrons. The number of benzene rings is 2. The van der Waals surface area contributed by atoms with Gasteiger partial charge in [0.2, 0.25) is 0 Å². The van der Waals surface area contributed by atoms with Gasteiger partial charge in [0.05, 0.1) is 23.6 Å². The van der Waals surface area contributed by atoms with Gasteiger partial charge in [-0.2, -0.15) is 5.10 Å². The standard InChI is InChI=1S/C20H18FN3O2/c21-18-11-15(9-10-19(18)26-17-7-4-8-17)23-20(25)14-12-22-24(13-14)16-5-2-1-3-6-16/h1-3,5-6,9-13,17H,4,7-8H2,(H,23,25). The van der Waals surface area contributed by atoms with Gasteiger partial charge in [-0.05, 0) is 43.5 Å². The van der Waals surface area contributed by atoms with E-state index in [0.29, 0.717) is 11.3 Å². The van der Waals surface area contributed by atoms with E-state index in [1.807, 2.05) is 30.3 Å². The number of nitrogens with one attached hydrogen (secondary N) is 1. The molecule has 5 nitrogen and oxygen atoms in total. The van der Waals surface area contributed by atoms with Crippen LogP contribution in [0.4, 0.5) is 10.1 Å². The molecule has 0 bridgehead atoms. The number of nitrogens with zero attached hydrogens (tertiary/aromatic N) is 2. The van der Waals surface area contributed by atoms with Gasteiger partial charge < -0.3 is 10.1 Å².